The van der Waals surface area contributed by atoms with Crippen molar-refractivity contribution in [2.75, 3.05) is 11.9 Å². The fourth-order valence-corrected chi connectivity index (χ4v) is 3.38. The maximum absolute atomic E-state index is 6.16. The zero-order valence-corrected chi connectivity index (χ0v) is 16.6. The smallest absolute Gasteiger partial charge is 0.161 e. The fraction of sp³-hybridized carbons (Fsp3) is 0.154. The van der Waals surface area contributed by atoms with Crippen LogP contribution >= 0.6 is 0 Å². The minimum absolute atomic E-state index is 0.503. The van der Waals surface area contributed by atoms with E-state index in [4.69, 9.17) is 9.47 Å². The van der Waals surface area contributed by atoms with Gasteiger partial charge in [0.1, 0.15) is 6.61 Å². The van der Waals surface area contributed by atoms with Gasteiger partial charge in [0.05, 0.1) is 6.61 Å². The maximum Gasteiger partial charge on any atom is 0.161 e. The van der Waals surface area contributed by atoms with Crippen molar-refractivity contribution >= 4 is 16.5 Å². The summed E-state index contributed by atoms with van der Waals surface area (Å²) in [6, 6.07) is 31.0. The van der Waals surface area contributed by atoms with Gasteiger partial charge in [0, 0.05) is 12.2 Å². The van der Waals surface area contributed by atoms with Gasteiger partial charge >= 0.3 is 0 Å². The predicted molar refractivity (Wildman–Crippen MR) is 120 cm³/mol. The second-order valence-corrected chi connectivity index (χ2v) is 6.86. The minimum atomic E-state index is 0.503. The number of anilines is 1. The zero-order chi connectivity index (χ0) is 19.9. The Morgan fingerprint density at radius 1 is 0.724 bits per heavy atom. The highest BCUT2D eigenvalue weighted by molar-refractivity contribution is 5.85. The first-order valence-electron chi connectivity index (χ1n) is 9.97. The van der Waals surface area contributed by atoms with Crippen LogP contribution in [0.2, 0.25) is 0 Å². The van der Waals surface area contributed by atoms with Gasteiger partial charge in [0.2, 0.25) is 0 Å². The maximum atomic E-state index is 6.16. The standard InChI is InChI=1S/C26H25NO2/c1-2-28-26-17-20(18-27-23-12-4-3-5-13-23)15-16-25(26)29-19-22-11-8-10-21-9-6-7-14-24(21)22/h3-17,27H,2,18-19H2,1H3. The Morgan fingerprint density at radius 2 is 1.52 bits per heavy atom. The highest BCUT2D eigenvalue weighted by atomic mass is 16.5. The van der Waals surface area contributed by atoms with Crippen LogP contribution in [0.25, 0.3) is 10.8 Å². The third-order valence-electron chi connectivity index (χ3n) is 4.84. The first kappa shape index (κ1) is 18.9. The van der Waals surface area contributed by atoms with Gasteiger partial charge in [-0.25, -0.2) is 0 Å². The van der Waals surface area contributed by atoms with Crippen molar-refractivity contribution in [3.8, 4) is 11.5 Å². The predicted octanol–water partition coefficient (Wildman–Crippen LogP) is 6.43. The molecule has 29 heavy (non-hydrogen) atoms. The number of nitrogens with one attached hydrogen (secondary N) is 1. The molecule has 0 aromatic heterocycles. The Labute approximate surface area is 171 Å². The lowest BCUT2D eigenvalue weighted by atomic mass is 10.1. The summed E-state index contributed by atoms with van der Waals surface area (Å²) < 4.78 is 12.0. The van der Waals surface area contributed by atoms with Crippen molar-refractivity contribution in [3.63, 3.8) is 0 Å². The molecule has 4 aromatic carbocycles. The molecule has 4 aromatic rings. The van der Waals surface area contributed by atoms with Crippen LogP contribution in [-0.4, -0.2) is 6.61 Å². The molecule has 0 saturated heterocycles. The van der Waals surface area contributed by atoms with E-state index in [2.05, 4.69) is 72.0 Å². The topological polar surface area (TPSA) is 30.5 Å². The SMILES string of the molecule is CCOc1cc(CNc2ccccc2)ccc1OCc1cccc2ccccc12. The lowest BCUT2D eigenvalue weighted by Crippen LogP contribution is -2.03. The largest absolute Gasteiger partial charge is 0.490 e. The van der Waals surface area contributed by atoms with E-state index < -0.39 is 0 Å². The monoisotopic (exact) mass is 383 g/mol. The van der Waals surface area contributed by atoms with Crippen LogP contribution in [0, 0.1) is 0 Å². The Hall–Kier alpha value is -3.46. The molecule has 0 fully saturated rings. The van der Waals surface area contributed by atoms with E-state index in [1.54, 1.807) is 0 Å². The van der Waals surface area contributed by atoms with Crippen LogP contribution in [0.1, 0.15) is 18.1 Å². The molecule has 1 N–H and O–H groups in total. The number of hydrogen-bond donors (Lipinski definition) is 1. The van der Waals surface area contributed by atoms with Crippen molar-refractivity contribution < 1.29 is 9.47 Å². The molecule has 0 amide bonds. The summed E-state index contributed by atoms with van der Waals surface area (Å²) in [5.74, 6) is 1.54. The fourth-order valence-electron chi connectivity index (χ4n) is 3.38. The van der Waals surface area contributed by atoms with Gasteiger partial charge in [-0.1, -0.05) is 66.7 Å². The molecule has 4 rings (SSSR count). The van der Waals surface area contributed by atoms with Gasteiger partial charge in [-0.2, -0.15) is 0 Å². The minimum Gasteiger partial charge on any atom is -0.490 e. The van der Waals surface area contributed by atoms with Crippen LogP contribution < -0.4 is 14.8 Å². The van der Waals surface area contributed by atoms with E-state index in [0.717, 1.165) is 29.3 Å². The van der Waals surface area contributed by atoms with E-state index in [1.807, 2.05) is 31.2 Å². The number of para-hydroxylation sites is 1. The Kier molecular flexibility index (Phi) is 5.96. The van der Waals surface area contributed by atoms with Crippen molar-refractivity contribution in [2.24, 2.45) is 0 Å². The molecular weight excluding hydrogens is 358 g/mol. The molecule has 0 saturated carbocycles. The quantitative estimate of drug-likeness (QED) is 0.380. The van der Waals surface area contributed by atoms with E-state index in [9.17, 15) is 0 Å². The molecule has 146 valence electrons. The number of ether oxygens (including phenoxy) is 2. The first-order valence-corrected chi connectivity index (χ1v) is 9.97. The number of fused-ring (bicyclic) bond motifs is 1. The molecule has 0 atom stereocenters. The van der Waals surface area contributed by atoms with E-state index in [1.165, 1.54) is 16.3 Å². The normalized spacial score (nSPS) is 10.7. The summed E-state index contributed by atoms with van der Waals surface area (Å²) in [6.45, 7) is 3.82. The Bertz CT molecular complexity index is 1070. The number of benzene rings is 4. The molecule has 0 aliphatic carbocycles. The van der Waals surface area contributed by atoms with Gasteiger partial charge in [0.15, 0.2) is 11.5 Å². The lowest BCUT2D eigenvalue weighted by Gasteiger charge is -2.15. The van der Waals surface area contributed by atoms with Gasteiger partial charge in [0.25, 0.3) is 0 Å². The van der Waals surface area contributed by atoms with E-state index in [0.29, 0.717) is 13.2 Å². The van der Waals surface area contributed by atoms with Gasteiger partial charge in [-0.05, 0) is 53.1 Å². The van der Waals surface area contributed by atoms with Crippen molar-refractivity contribution in [2.45, 2.75) is 20.1 Å². The van der Waals surface area contributed by atoms with Gasteiger partial charge < -0.3 is 14.8 Å². The Morgan fingerprint density at radius 3 is 2.38 bits per heavy atom. The van der Waals surface area contributed by atoms with Gasteiger partial charge in [-0.15, -0.1) is 0 Å². The molecule has 0 bridgehead atoms. The molecule has 0 unspecified atom stereocenters. The third-order valence-corrected chi connectivity index (χ3v) is 4.84. The van der Waals surface area contributed by atoms with Gasteiger partial charge in [-0.3, -0.25) is 0 Å². The molecular formula is C26H25NO2. The summed E-state index contributed by atoms with van der Waals surface area (Å²) in [7, 11) is 0. The van der Waals surface area contributed by atoms with Crippen LogP contribution in [0.15, 0.2) is 91.0 Å². The second kappa shape index (κ2) is 9.16. The summed E-state index contributed by atoms with van der Waals surface area (Å²) in [5, 5.41) is 5.87. The lowest BCUT2D eigenvalue weighted by molar-refractivity contribution is 0.270. The van der Waals surface area contributed by atoms with E-state index >= 15 is 0 Å². The van der Waals surface area contributed by atoms with Crippen LogP contribution in [-0.2, 0) is 13.2 Å². The zero-order valence-electron chi connectivity index (χ0n) is 16.6. The highest BCUT2D eigenvalue weighted by Gasteiger charge is 2.08. The average molecular weight is 383 g/mol. The van der Waals surface area contributed by atoms with Crippen LogP contribution in [0.3, 0.4) is 0 Å². The molecule has 0 aliphatic heterocycles. The van der Waals surface area contributed by atoms with Crippen LogP contribution in [0.5, 0.6) is 11.5 Å². The molecule has 0 radical (unpaired) electrons. The molecule has 3 nitrogen and oxygen atoms in total. The first-order chi connectivity index (χ1) is 14.3. The van der Waals surface area contributed by atoms with Crippen LogP contribution in [0.4, 0.5) is 5.69 Å². The molecule has 3 heteroatoms. The number of rotatable bonds is 8. The van der Waals surface area contributed by atoms with Crippen molar-refractivity contribution in [1.82, 2.24) is 0 Å². The Balaban J connectivity index is 1.49. The molecule has 0 spiro atoms. The summed E-state index contributed by atoms with van der Waals surface area (Å²) in [6.07, 6.45) is 0. The molecule has 0 aliphatic rings. The van der Waals surface area contributed by atoms with Crippen molar-refractivity contribution in [1.29, 1.82) is 0 Å². The highest BCUT2D eigenvalue weighted by Crippen LogP contribution is 2.30. The average Bonchev–Trinajstić information content (AvgIpc) is 2.78. The molecule has 0 heterocycles. The summed E-state index contributed by atoms with van der Waals surface area (Å²) in [4.78, 5) is 0. The summed E-state index contributed by atoms with van der Waals surface area (Å²) >= 11 is 0. The van der Waals surface area contributed by atoms with E-state index in [-0.39, 0.29) is 0 Å². The van der Waals surface area contributed by atoms with Crippen molar-refractivity contribution in [3.05, 3.63) is 102 Å². The number of hydrogen-bond acceptors (Lipinski definition) is 3. The summed E-state index contributed by atoms with van der Waals surface area (Å²) in [5.41, 5.74) is 3.41. The third kappa shape index (κ3) is 4.69. The second-order valence-electron chi connectivity index (χ2n) is 6.86.